The van der Waals surface area contributed by atoms with Crippen molar-refractivity contribution in [1.29, 1.82) is 0 Å². The van der Waals surface area contributed by atoms with E-state index < -0.39 is 7.60 Å². The Bertz CT molecular complexity index is 679. The minimum Gasteiger partial charge on any atom is -0.421 e. The molecule has 0 radical (unpaired) electrons. The summed E-state index contributed by atoms with van der Waals surface area (Å²) in [5, 5.41) is 0.607. The van der Waals surface area contributed by atoms with Crippen LogP contribution in [-0.2, 0) is 9.09 Å². The molecule has 2 aromatic rings. The van der Waals surface area contributed by atoms with Crippen LogP contribution in [0.4, 0.5) is 0 Å². The van der Waals surface area contributed by atoms with E-state index in [0.29, 0.717) is 11.1 Å². The van der Waals surface area contributed by atoms with Gasteiger partial charge in [-0.3, -0.25) is 4.52 Å². The summed E-state index contributed by atoms with van der Waals surface area (Å²) in [4.78, 5) is 0. The fourth-order valence-corrected chi connectivity index (χ4v) is 3.90. The maximum atomic E-state index is 12.9. The highest BCUT2D eigenvalue weighted by Crippen LogP contribution is 2.55. The van der Waals surface area contributed by atoms with E-state index in [0.717, 1.165) is 11.1 Å². The first-order chi connectivity index (χ1) is 9.24. The summed E-state index contributed by atoms with van der Waals surface area (Å²) < 4.78 is 23.9. The quantitative estimate of drug-likeness (QED) is 0.630. The molecule has 1 aliphatic heterocycles. The zero-order valence-corrected chi connectivity index (χ0v) is 11.2. The molecule has 0 aromatic heterocycles. The molecule has 0 fully saturated rings. The maximum absolute atomic E-state index is 12.9. The molecule has 0 bridgehead atoms. The highest BCUT2D eigenvalue weighted by Gasteiger charge is 2.36. The maximum Gasteiger partial charge on any atom is 0.411 e. The van der Waals surface area contributed by atoms with Crippen LogP contribution in [0.1, 0.15) is 0 Å². The van der Waals surface area contributed by atoms with Gasteiger partial charge in [0.1, 0.15) is 5.75 Å². The summed E-state index contributed by atoms with van der Waals surface area (Å²) in [6.45, 7) is 3.76. The van der Waals surface area contributed by atoms with Gasteiger partial charge < -0.3 is 4.52 Å². The number of benzene rings is 2. The summed E-state index contributed by atoms with van der Waals surface area (Å²) in [6, 6.07) is 15.0. The Balaban J connectivity index is 2.19. The summed E-state index contributed by atoms with van der Waals surface area (Å²) in [5.74, 6) is 0.591. The predicted octanol–water partition coefficient (Wildman–Crippen LogP) is 3.77. The standard InChI is InChI=1S/C15H13O3P/c1-2-11-17-19(16)15-10-6-4-8-13(15)12-7-3-5-9-14(12)18-19/h2-10H,1,11H2. The number of para-hydroxylation sites is 1. The van der Waals surface area contributed by atoms with Crippen molar-refractivity contribution in [1.82, 2.24) is 0 Å². The third-order valence-electron chi connectivity index (χ3n) is 2.96. The molecule has 96 valence electrons. The van der Waals surface area contributed by atoms with E-state index in [1.54, 1.807) is 18.2 Å². The lowest BCUT2D eigenvalue weighted by Gasteiger charge is -2.27. The Morgan fingerprint density at radius 2 is 1.79 bits per heavy atom. The van der Waals surface area contributed by atoms with Crippen LogP contribution in [0.25, 0.3) is 11.1 Å². The lowest BCUT2D eigenvalue weighted by Crippen LogP contribution is -2.19. The van der Waals surface area contributed by atoms with Crippen molar-refractivity contribution < 1.29 is 13.6 Å². The summed E-state index contributed by atoms with van der Waals surface area (Å²) in [7, 11) is -3.32. The van der Waals surface area contributed by atoms with Gasteiger partial charge in [0, 0.05) is 11.1 Å². The van der Waals surface area contributed by atoms with Crippen molar-refractivity contribution in [3.05, 3.63) is 61.2 Å². The first-order valence-corrected chi connectivity index (χ1v) is 7.53. The van der Waals surface area contributed by atoms with E-state index in [1.807, 2.05) is 36.4 Å². The molecule has 0 spiro atoms. The van der Waals surface area contributed by atoms with E-state index in [4.69, 9.17) is 9.05 Å². The fourth-order valence-electron chi connectivity index (χ4n) is 2.13. The topological polar surface area (TPSA) is 35.5 Å². The van der Waals surface area contributed by atoms with Gasteiger partial charge in [-0.2, -0.15) is 0 Å². The molecule has 3 nitrogen and oxygen atoms in total. The average Bonchev–Trinajstić information content (AvgIpc) is 2.46. The molecule has 0 aliphatic carbocycles. The van der Waals surface area contributed by atoms with Crippen molar-refractivity contribution in [2.45, 2.75) is 0 Å². The Kier molecular flexibility index (Phi) is 3.02. The Morgan fingerprint density at radius 3 is 2.58 bits per heavy atom. The van der Waals surface area contributed by atoms with Gasteiger partial charge in [-0.05, 0) is 12.1 Å². The van der Waals surface area contributed by atoms with Crippen LogP contribution in [-0.4, -0.2) is 6.61 Å². The number of hydrogen-bond acceptors (Lipinski definition) is 3. The Labute approximate surface area is 112 Å². The Hall–Kier alpha value is -1.83. The van der Waals surface area contributed by atoms with Crippen LogP contribution in [0.15, 0.2) is 61.2 Å². The van der Waals surface area contributed by atoms with Gasteiger partial charge in [0.05, 0.1) is 11.9 Å². The van der Waals surface area contributed by atoms with Crippen molar-refractivity contribution in [3.63, 3.8) is 0 Å². The fraction of sp³-hybridized carbons (Fsp3) is 0.0667. The Morgan fingerprint density at radius 1 is 1.11 bits per heavy atom. The van der Waals surface area contributed by atoms with Crippen molar-refractivity contribution >= 4 is 12.9 Å². The number of rotatable bonds is 3. The summed E-state index contributed by atoms with van der Waals surface area (Å²) in [5.41, 5.74) is 1.84. The largest absolute Gasteiger partial charge is 0.421 e. The highest BCUT2D eigenvalue weighted by atomic mass is 31.2. The second-order valence-electron chi connectivity index (χ2n) is 4.19. The smallest absolute Gasteiger partial charge is 0.411 e. The van der Waals surface area contributed by atoms with E-state index in [9.17, 15) is 4.57 Å². The molecule has 0 amide bonds. The molecule has 1 atom stereocenters. The summed E-state index contributed by atoms with van der Waals surface area (Å²) >= 11 is 0. The predicted molar refractivity (Wildman–Crippen MR) is 75.9 cm³/mol. The molecule has 4 heteroatoms. The van der Waals surface area contributed by atoms with E-state index in [-0.39, 0.29) is 6.61 Å². The molecule has 1 aliphatic rings. The normalized spacial score (nSPS) is 20.0. The van der Waals surface area contributed by atoms with E-state index >= 15 is 0 Å². The van der Waals surface area contributed by atoms with Gasteiger partial charge in [0.2, 0.25) is 0 Å². The van der Waals surface area contributed by atoms with E-state index in [1.165, 1.54) is 0 Å². The minimum absolute atomic E-state index is 0.188. The van der Waals surface area contributed by atoms with Crippen LogP contribution in [0, 0.1) is 0 Å². The van der Waals surface area contributed by atoms with Gasteiger partial charge in [0.25, 0.3) is 0 Å². The number of hydrogen-bond donors (Lipinski definition) is 0. The monoisotopic (exact) mass is 272 g/mol. The third-order valence-corrected chi connectivity index (χ3v) is 4.86. The molecule has 0 N–H and O–H groups in total. The molecule has 1 heterocycles. The molecule has 0 saturated heterocycles. The molecule has 19 heavy (non-hydrogen) atoms. The van der Waals surface area contributed by atoms with Crippen LogP contribution < -0.4 is 9.83 Å². The molecular formula is C15H13O3P. The van der Waals surface area contributed by atoms with Crippen LogP contribution in [0.2, 0.25) is 0 Å². The van der Waals surface area contributed by atoms with Crippen LogP contribution in [0.3, 0.4) is 0 Å². The summed E-state index contributed by atoms with van der Waals surface area (Å²) in [6.07, 6.45) is 1.56. The highest BCUT2D eigenvalue weighted by molar-refractivity contribution is 7.63. The second-order valence-corrected chi connectivity index (χ2v) is 6.10. The van der Waals surface area contributed by atoms with Gasteiger partial charge in [-0.25, -0.2) is 4.57 Å². The molecular weight excluding hydrogens is 259 g/mol. The molecule has 2 aromatic carbocycles. The minimum atomic E-state index is -3.32. The van der Waals surface area contributed by atoms with E-state index in [2.05, 4.69) is 6.58 Å². The zero-order chi connectivity index (χ0) is 13.3. The average molecular weight is 272 g/mol. The molecule has 3 rings (SSSR count). The van der Waals surface area contributed by atoms with Gasteiger partial charge in [-0.15, -0.1) is 6.58 Å². The second kappa shape index (κ2) is 4.69. The van der Waals surface area contributed by atoms with Crippen LogP contribution in [0.5, 0.6) is 5.75 Å². The molecule has 0 saturated carbocycles. The lowest BCUT2D eigenvalue weighted by atomic mass is 10.0. The first-order valence-electron chi connectivity index (χ1n) is 5.99. The SMILES string of the molecule is C=CCOP1(=O)Oc2ccccc2-c2ccccc21. The van der Waals surface area contributed by atoms with Crippen molar-refractivity contribution in [2.24, 2.45) is 0 Å². The number of fused-ring (bicyclic) bond motifs is 3. The van der Waals surface area contributed by atoms with Gasteiger partial charge in [0.15, 0.2) is 0 Å². The first kappa shape index (κ1) is 12.2. The lowest BCUT2D eigenvalue weighted by molar-refractivity contribution is 0.303. The van der Waals surface area contributed by atoms with Gasteiger partial charge in [-0.1, -0.05) is 42.5 Å². The van der Waals surface area contributed by atoms with Gasteiger partial charge >= 0.3 is 7.60 Å². The zero-order valence-electron chi connectivity index (χ0n) is 10.3. The molecule has 1 unspecified atom stereocenters. The third kappa shape index (κ3) is 2.01. The van der Waals surface area contributed by atoms with Crippen LogP contribution >= 0.6 is 7.60 Å². The van der Waals surface area contributed by atoms with Crippen molar-refractivity contribution in [2.75, 3.05) is 6.61 Å². The van der Waals surface area contributed by atoms with Crippen molar-refractivity contribution in [3.8, 4) is 16.9 Å².